The maximum atomic E-state index is 12.1. The first kappa shape index (κ1) is 12.9. The first-order valence-electron chi connectivity index (χ1n) is 7.48. The topological polar surface area (TPSA) is 61.4 Å². The Balaban J connectivity index is 1.50. The minimum absolute atomic E-state index is 0.0107. The molecule has 106 valence electrons. The molecule has 0 aromatic carbocycles. The first-order chi connectivity index (χ1) is 9.15. The van der Waals surface area contributed by atoms with E-state index in [9.17, 15) is 9.59 Å². The number of piperidine rings is 1. The quantitative estimate of drug-likeness (QED) is 0.769. The van der Waals surface area contributed by atoms with E-state index in [0.29, 0.717) is 24.9 Å². The van der Waals surface area contributed by atoms with Gasteiger partial charge in [0.15, 0.2) is 0 Å². The summed E-state index contributed by atoms with van der Waals surface area (Å²) in [7, 11) is 0. The van der Waals surface area contributed by atoms with Gasteiger partial charge >= 0.3 is 0 Å². The number of carbonyl (C=O) groups is 2. The zero-order valence-electron chi connectivity index (χ0n) is 11.5. The van der Waals surface area contributed by atoms with Crippen molar-refractivity contribution in [3.05, 3.63) is 0 Å². The van der Waals surface area contributed by atoms with Gasteiger partial charge in [0.2, 0.25) is 11.8 Å². The van der Waals surface area contributed by atoms with Crippen molar-refractivity contribution < 1.29 is 9.59 Å². The summed E-state index contributed by atoms with van der Waals surface area (Å²) in [6.45, 7) is 3.80. The molecule has 1 saturated carbocycles. The fraction of sp³-hybridized carbons (Fsp3) is 0.857. The van der Waals surface area contributed by atoms with Gasteiger partial charge in [0.25, 0.3) is 0 Å². The molecule has 19 heavy (non-hydrogen) atoms. The molecule has 2 amide bonds. The number of hydrogen-bond acceptors (Lipinski definition) is 3. The van der Waals surface area contributed by atoms with E-state index in [2.05, 4.69) is 17.6 Å². The fourth-order valence-corrected chi connectivity index (χ4v) is 3.26. The number of hydrogen-bond donors (Lipinski definition) is 2. The lowest BCUT2D eigenvalue weighted by molar-refractivity contribution is -0.128. The number of nitrogens with zero attached hydrogens (tertiary/aromatic N) is 1. The molecule has 0 spiro atoms. The average molecular weight is 265 g/mol. The van der Waals surface area contributed by atoms with Crippen molar-refractivity contribution in [2.75, 3.05) is 13.1 Å². The molecule has 2 aliphatic heterocycles. The Hall–Kier alpha value is -1.10. The molecule has 3 aliphatic rings. The maximum Gasteiger partial charge on any atom is 0.237 e. The second-order valence-corrected chi connectivity index (χ2v) is 6.24. The fourth-order valence-electron chi connectivity index (χ4n) is 3.26. The van der Waals surface area contributed by atoms with Gasteiger partial charge in [-0.1, -0.05) is 13.3 Å². The molecule has 2 N–H and O–H groups in total. The summed E-state index contributed by atoms with van der Waals surface area (Å²) >= 11 is 0. The van der Waals surface area contributed by atoms with E-state index >= 15 is 0 Å². The SMILES string of the molecule is C[C@@H]1C[C@@H]1N1C[C@@H](NC(=O)[C@H]2CCCCN2)CC1=O. The lowest BCUT2D eigenvalue weighted by Crippen LogP contribution is -2.50. The summed E-state index contributed by atoms with van der Waals surface area (Å²) in [4.78, 5) is 26.0. The maximum absolute atomic E-state index is 12.1. The van der Waals surface area contributed by atoms with Crippen LogP contribution in [0.15, 0.2) is 0 Å². The largest absolute Gasteiger partial charge is 0.350 e. The summed E-state index contributed by atoms with van der Waals surface area (Å²) in [5.74, 6) is 0.915. The van der Waals surface area contributed by atoms with Gasteiger partial charge in [-0.2, -0.15) is 0 Å². The van der Waals surface area contributed by atoms with E-state index in [1.165, 1.54) is 0 Å². The Bertz CT molecular complexity index is 379. The van der Waals surface area contributed by atoms with Crippen molar-refractivity contribution in [2.24, 2.45) is 5.92 Å². The molecular formula is C14H23N3O2. The van der Waals surface area contributed by atoms with Crippen LogP contribution in [0.5, 0.6) is 0 Å². The number of amides is 2. The van der Waals surface area contributed by atoms with Gasteiger partial charge in [-0.3, -0.25) is 9.59 Å². The third kappa shape index (κ3) is 2.76. The van der Waals surface area contributed by atoms with E-state index in [1.54, 1.807) is 0 Å². The summed E-state index contributed by atoms with van der Waals surface area (Å²) in [6, 6.07) is 0.386. The predicted molar refractivity (Wildman–Crippen MR) is 71.5 cm³/mol. The molecule has 0 bridgehead atoms. The van der Waals surface area contributed by atoms with Crippen LogP contribution < -0.4 is 10.6 Å². The molecule has 0 radical (unpaired) electrons. The van der Waals surface area contributed by atoms with Gasteiger partial charge in [-0.05, 0) is 31.7 Å². The number of likely N-dealkylation sites (tertiary alicyclic amines) is 1. The smallest absolute Gasteiger partial charge is 0.237 e. The molecule has 5 heteroatoms. The van der Waals surface area contributed by atoms with Crippen LogP contribution in [0.25, 0.3) is 0 Å². The predicted octanol–water partition coefficient (Wildman–Crippen LogP) is 0.254. The molecular weight excluding hydrogens is 242 g/mol. The van der Waals surface area contributed by atoms with Crippen molar-refractivity contribution >= 4 is 11.8 Å². The van der Waals surface area contributed by atoms with Crippen molar-refractivity contribution in [3.8, 4) is 0 Å². The first-order valence-corrected chi connectivity index (χ1v) is 7.48. The highest BCUT2D eigenvalue weighted by atomic mass is 16.2. The minimum atomic E-state index is -0.0576. The van der Waals surface area contributed by atoms with Gasteiger partial charge in [-0.25, -0.2) is 0 Å². The second kappa shape index (κ2) is 5.12. The Morgan fingerprint density at radius 3 is 2.84 bits per heavy atom. The summed E-state index contributed by atoms with van der Waals surface area (Å²) < 4.78 is 0. The highest BCUT2D eigenvalue weighted by Gasteiger charge is 2.45. The van der Waals surface area contributed by atoms with Crippen molar-refractivity contribution in [2.45, 2.75) is 57.2 Å². The van der Waals surface area contributed by atoms with E-state index in [4.69, 9.17) is 0 Å². The van der Waals surface area contributed by atoms with E-state index < -0.39 is 0 Å². The van der Waals surface area contributed by atoms with Crippen LogP contribution in [0.1, 0.15) is 39.0 Å². The summed E-state index contributed by atoms with van der Waals surface area (Å²) in [6.07, 6.45) is 4.77. The van der Waals surface area contributed by atoms with Crippen LogP contribution in [0.4, 0.5) is 0 Å². The van der Waals surface area contributed by atoms with Crippen LogP contribution in [0, 0.1) is 5.92 Å². The van der Waals surface area contributed by atoms with Crippen LogP contribution in [0.2, 0.25) is 0 Å². The number of rotatable bonds is 3. The van der Waals surface area contributed by atoms with Gasteiger partial charge in [0, 0.05) is 19.0 Å². The standard InChI is InChI=1S/C14H23N3O2/c1-9-6-12(9)17-8-10(7-13(17)18)16-14(19)11-4-2-3-5-15-11/h9-12,15H,2-8H2,1H3,(H,16,19)/t9-,10+,11-,12+/m1/s1. The zero-order chi connectivity index (χ0) is 13.4. The molecule has 0 aromatic heterocycles. The van der Waals surface area contributed by atoms with Gasteiger partial charge in [0.05, 0.1) is 12.1 Å². The second-order valence-electron chi connectivity index (χ2n) is 6.24. The van der Waals surface area contributed by atoms with Gasteiger partial charge in [-0.15, -0.1) is 0 Å². The molecule has 2 saturated heterocycles. The minimum Gasteiger partial charge on any atom is -0.350 e. The van der Waals surface area contributed by atoms with Crippen molar-refractivity contribution in [1.29, 1.82) is 0 Å². The Morgan fingerprint density at radius 1 is 1.42 bits per heavy atom. The molecule has 5 nitrogen and oxygen atoms in total. The highest BCUT2D eigenvalue weighted by Crippen LogP contribution is 2.37. The van der Waals surface area contributed by atoms with Crippen LogP contribution in [-0.2, 0) is 9.59 Å². The number of nitrogens with one attached hydrogen (secondary N) is 2. The lowest BCUT2D eigenvalue weighted by Gasteiger charge is -2.24. The third-order valence-corrected chi connectivity index (χ3v) is 4.60. The highest BCUT2D eigenvalue weighted by molar-refractivity contribution is 5.85. The third-order valence-electron chi connectivity index (χ3n) is 4.60. The van der Waals surface area contributed by atoms with Crippen molar-refractivity contribution in [1.82, 2.24) is 15.5 Å². The van der Waals surface area contributed by atoms with E-state index in [-0.39, 0.29) is 23.9 Å². The average Bonchev–Trinajstić information content (AvgIpc) is 3.02. The summed E-state index contributed by atoms with van der Waals surface area (Å²) in [5.41, 5.74) is 0. The monoisotopic (exact) mass is 265 g/mol. The molecule has 0 unspecified atom stereocenters. The van der Waals surface area contributed by atoms with Crippen molar-refractivity contribution in [3.63, 3.8) is 0 Å². The Morgan fingerprint density at radius 2 is 2.21 bits per heavy atom. The normalized spacial score (nSPS) is 38.4. The lowest BCUT2D eigenvalue weighted by atomic mass is 10.0. The molecule has 3 fully saturated rings. The Kier molecular flexibility index (Phi) is 3.48. The molecule has 4 atom stereocenters. The number of carbonyl (C=O) groups excluding carboxylic acids is 2. The van der Waals surface area contributed by atoms with Crippen LogP contribution in [0.3, 0.4) is 0 Å². The molecule has 1 aliphatic carbocycles. The Labute approximate surface area is 114 Å². The molecule has 2 heterocycles. The molecule has 0 aromatic rings. The van der Waals surface area contributed by atoms with Gasteiger partial charge < -0.3 is 15.5 Å². The van der Waals surface area contributed by atoms with Crippen LogP contribution in [-0.4, -0.2) is 47.9 Å². The van der Waals surface area contributed by atoms with E-state index in [1.807, 2.05) is 4.90 Å². The summed E-state index contributed by atoms with van der Waals surface area (Å²) in [5, 5.41) is 6.29. The van der Waals surface area contributed by atoms with Gasteiger partial charge in [0.1, 0.15) is 0 Å². The van der Waals surface area contributed by atoms with Crippen LogP contribution >= 0.6 is 0 Å². The van der Waals surface area contributed by atoms with E-state index in [0.717, 1.165) is 32.2 Å². The molecule has 3 rings (SSSR count). The zero-order valence-corrected chi connectivity index (χ0v) is 11.5.